The van der Waals surface area contributed by atoms with E-state index in [-0.39, 0.29) is 25.7 Å². The number of carboxylic acids is 2. The average Bonchev–Trinajstić information content (AvgIpc) is 2.68. The quantitative estimate of drug-likeness (QED) is 0.401. The van der Waals surface area contributed by atoms with Gasteiger partial charge in [0.1, 0.15) is 6.04 Å². The summed E-state index contributed by atoms with van der Waals surface area (Å²) in [6.45, 7) is 0. The third-order valence-corrected chi connectivity index (χ3v) is 4.30. The number of rotatable bonds is 10. The van der Waals surface area contributed by atoms with Crippen molar-refractivity contribution in [2.24, 2.45) is 5.73 Å². The first-order valence-electron chi connectivity index (χ1n) is 9.05. The van der Waals surface area contributed by atoms with E-state index in [1.807, 2.05) is 30.3 Å². The summed E-state index contributed by atoms with van der Waals surface area (Å²) >= 11 is 0. The molecule has 0 aliphatic carbocycles. The van der Waals surface area contributed by atoms with Gasteiger partial charge in [0, 0.05) is 18.5 Å². The fraction of sp³-hybridized carbons (Fsp3) is 0.300. The fourth-order valence-corrected chi connectivity index (χ4v) is 2.72. The number of aliphatic carboxylic acids is 2. The van der Waals surface area contributed by atoms with E-state index < -0.39 is 35.8 Å². The molecule has 154 valence electrons. The zero-order valence-electron chi connectivity index (χ0n) is 15.6. The average molecular weight is 401 g/mol. The highest BCUT2D eigenvalue weighted by Gasteiger charge is 2.25. The van der Waals surface area contributed by atoms with Crippen molar-refractivity contribution in [3.05, 3.63) is 42.5 Å². The van der Waals surface area contributed by atoms with Gasteiger partial charge in [0.15, 0.2) is 0 Å². The number of hydrogen-bond donors (Lipinski definition) is 5. The Morgan fingerprint density at radius 1 is 0.862 bits per heavy atom. The van der Waals surface area contributed by atoms with Gasteiger partial charge in [0.05, 0.1) is 6.04 Å². The van der Waals surface area contributed by atoms with Crippen LogP contribution < -0.4 is 16.4 Å². The number of amides is 2. The molecule has 9 heteroatoms. The summed E-state index contributed by atoms with van der Waals surface area (Å²) in [6, 6.07) is 10.6. The van der Waals surface area contributed by atoms with Crippen LogP contribution in [0.2, 0.25) is 0 Å². The molecule has 2 amide bonds. The van der Waals surface area contributed by atoms with E-state index in [0.717, 1.165) is 10.8 Å². The number of fused-ring (bicyclic) bond motifs is 1. The van der Waals surface area contributed by atoms with Crippen LogP contribution in [0, 0.1) is 0 Å². The van der Waals surface area contributed by atoms with Crippen LogP contribution in [0.1, 0.15) is 25.7 Å². The molecular formula is C20H23N3O6. The molecule has 2 atom stereocenters. The van der Waals surface area contributed by atoms with Crippen LogP contribution in [0.25, 0.3) is 10.8 Å². The number of anilines is 1. The number of carbonyl (C=O) groups excluding carboxylic acids is 2. The van der Waals surface area contributed by atoms with Gasteiger partial charge >= 0.3 is 11.9 Å². The first-order valence-corrected chi connectivity index (χ1v) is 9.05. The molecule has 0 aliphatic rings. The first-order chi connectivity index (χ1) is 13.8. The minimum absolute atomic E-state index is 0.0981. The zero-order chi connectivity index (χ0) is 21.4. The molecule has 0 aromatic heterocycles. The van der Waals surface area contributed by atoms with E-state index in [1.54, 1.807) is 12.1 Å². The molecule has 0 heterocycles. The van der Waals surface area contributed by atoms with Gasteiger partial charge in [0.25, 0.3) is 0 Å². The Kier molecular flexibility index (Phi) is 7.67. The predicted octanol–water partition coefficient (Wildman–Crippen LogP) is 1.32. The molecule has 0 aliphatic heterocycles. The Balaban J connectivity index is 2.08. The van der Waals surface area contributed by atoms with E-state index in [9.17, 15) is 19.2 Å². The van der Waals surface area contributed by atoms with Crippen LogP contribution in [0.3, 0.4) is 0 Å². The van der Waals surface area contributed by atoms with Crippen molar-refractivity contribution in [3.8, 4) is 0 Å². The molecule has 2 aromatic rings. The lowest BCUT2D eigenvalue weighted by atomic mass is 10.1. The summed E-state index contributed by atoms with van der Waals surface area (Å²) in [5, 5.41) is 24.6. The molecule has 2 rings (SSSR count). The first kappa shape index (κ1) is 21.8. The van der Waals surface area contributed by atoms with Gasteiger partial charge in [-0.25, -0.2) is 0 Å². The number of carbonyl (C=O) groups is 4. The maximum Gasteiger partial charge on any atom is 0.303 e. The number of nitrogens with two attached hydrogens (primary N) is 1. The minimum atomic E-state index is -1.12. The summed E-state index contributed by atoms with van der Waals surface area (Å²) in [7, 11) is 0. The molecule has 0 saturated carbocycles. The largest absolute Gasteiger partial charge is 0.481 e. The van der Waals surface area contributed by atoms with Crippen molar-refractivity contribution in [1.82, 2.24) is 5.32 Å². The SMILES string of the molecule is N[C@@H](CCC(=O)O)C(=O)N[C@@H](CCC(=O)O)C(=O)Nc1ccc2ccccc2c1. The third kappa shape index (κ3) is 6.89. The third-order valence-electron chi connectivity index (χ3n) is 4.30. The molecule has 0 saturated heterocycles. The van der Waals surface area contributed by atoms with Gasteiger partial charge in [-0.2, -0.15) is 0 Å². The number of hydrogen-bond acceptors (Lipinski definition) is 5. The van der Waals surface area contributed by atoms with Gasteiger partial charge in [0.2, 0.25) is 11.8 Å². The highest BCUT2D eigenvalue weighted by Crippen LogP contribution is 2.19. The lowest BCUT2D eigenvalue weighted by molar-refractivity contribution is -0.139. The lowest BCUT2D eigenvalue weighted by Crippen LogP contribution is -2.50. The molecule has 2 aromatic carbocycles. The monoisotopic (exact) mass is 401 g/mol. The highest BCUT2D eigenvalue weighted by molar-refractivity contribution is 5.99. The summed E-state index contributed by atoms with van der Waals surface area (Å²) in [5.41, 5.74) is 6.16. The maximum absolute atomic E-state index is 12.6. The smallest absolute Gasteiger partial charge is 0.303 e. The Morgan fingerprint density at radius 2 is 1.48 bits per heavy atom. The topological polar surface area (TPSA) is 159 Å². The van der Waals surface area contributed by atoms with E-state index in [2.05, 4.69) is 10.6 Å². The van der Waals surface area contributed by atoms with E-state index >= 15 is 0 Å². The van der Waals surface area contributed by atoms with Gasteiger partial charge in [-0.1, -0.05) is 30.3 Å². The van der Waals surface area contributed by atoms with Gasteiger partial charge in [-0.15, -0.1) is 0 Å². The standard InChI is InChI=1S/C20H23N3O6/c21-15(7-9-17(24)25)19(28)23-16(8-10-18(26)27)20(29)22-14-6-5-12-3-1-2-4-13(12)11-14/h1-6,11,15-16H,7-10,21H2,(H,22,29)(H,23,28)(H,24,25)(H,26,27)/t15-,16-/m0/s1. The number of nitrogens with one attached hydrogen (secondary N) is 2. The second-order valence-corrected chi connectivity index (χ2v) is 6.58. The van der Waals surface area contributed by atoms with Crippen molar-refractivity contribution in [2.75, 3.05) is 5.32 Å². The maximum atomic E-state index is 12.6. The summed E-state index contributed by atoms with van der Waals surface area (Å²) in [4.78, 5) is 46.3. The molecule has 0 fully saturated rings. The van der Waals surface area contributed by atoms with Crippen LogP contribution >= 0.6 is 0 Å². The van der Waals surface area contributed by atoms with Crippen molar-refractivity contribution in [3.63, 3.8) is 0 Å². The van der Waals surface area contributed by atoms with Gasteiger partial charge in [-0.3, -0.25) is 19.2 Å². The van der Waals surface area contributed by atoms with Crippen molar-refractivity contribution < 1.29 is 29.4 Å². The van der Waals surface area contributed by atoms with E-state index in [1.165, 1.54) is 0 Å². The Hall–Kier alpha value is -3.46. The van der Waals surface area contributed by atoms with E-state index in [4.69, 9.17) is 15.9 Å². The predicted molar refractivity (Wildman–Crippen MR) is 106 cm³/mol. The second-order valence-electron chi connectivity index (χ2n) is 6.58. The summed E-state index contributed by atoms with van der Waals surface area (Å²) in [6.07, 6.45) is -0.858. The lowest BCUT2D eigenvalue weighted by Gasteiger charge is -2.20. The second kappa shape index (κ2) is 10.2. The molecular weight excluding hydrogens is 378 g/mol. The molecule has 0 bridgehead atoms. The summed E-state index contributed by atoms with van der Waals surface area (Å²) in [5.74, 6) is -3.50. The fourth-order valence-electron chi connectivity index (χ4n) is 2.72. The number of benzene rings is 2. The molecule has 0 spiro atoms. The molecule has 29 heavy (non-hydrogen) atoms. The van der Waals surface area contributed by atoms with Crippen LogP contribution in [-0.2, 0) is 19.2 Å². The van der Waals surface area contributed by atoms with Crippen molar-refractivity contribution >= 4 is 40.2 Å². The van der Waals surface area contributed by atoms with Crippen molar-refractivity contribution in [2.45, 2.75) is 37.8 Å². The van der Waals surface area contributed by atoms with E-state index in [0.29, 0.717) is 5.69 Å². The Bertz CT molecular complexity index is 914. The zero-order valence-corrected chi connectivity index (χ0v) is 15.6. The van der Waals surface area contributed by atoms with Crippen LogP contribution in [0.5, 0.6) is 0 Å². The molecule has 6 N–H and O–H groups in total. The number of carboxylic acid groups (broad SMARTS) is 2. The van der Waals surface area contributed by atoms with Crippen molar-refractivity contribution in [1.29, 1.82) is 0 Å². The Labute approximate surface area is 166 Å². The van der Waals surface area contributed by atoms with Crippen LogP contribution in [0.4, 0.5) is 5.69 Å². The van der Waals surface area contributed by atoms with Crippen LogP contribution in [0.15, 0.2) is 42.5 Å². The normalized spacial score (nSPS) is 12.7. The van der Waals surface area contributed by atoms with Gasteiger partial charge < -0.3 is 26.6 Å². The van der Waals surface area contributed by atoms with Gasteiger partial charge in [-0.05, 0) is 35.7 Å². The Morgan fingerprint density at radius 3 is 2.14 bits per heavy atom. The van der Waals surface area contributed by atoms with Crippen LogP contribution in [-0.4, -0.2) is 46.0 Å². The molecule has 0 radical (unpaired) electrons. The minimum Gasteiger partial charge on any atom is -0.481 e. The highest BCUT2D eigenvalue weighted by atomic mass is 16.4. The summed E-state index contributed by atoms with van der Waals surface area (Å²) < 4.78 is 0. The molecule has 9 nitrogen and oxygen atoms in total. The molecule has 0 unspecified atom stereocenters.